The van der Waals surface area contributed by atoms with E-state index in [4.69, 9.17) is 9.52 Å². The Hall–Kier alpha value is -1.33. The van der Waals surface area contributed by atoms with Gasteiger partial charge in [0.05, 0.1) is 6.04 Å². The molecule has 0 spiro atoms. The van der Waals surface area contributed by atoms with Gasteiger partial charge in [-0.3, -0.25) is 9.80 Å². The van der Waals surface area contributed by atoms with Crippen molar-refractivity contribution in [2.75, 3.05) is 26.2 Å². The molecule has 0 radical (unpaired) electrons. The average Bonchev–Trinajstić information content (AvgIpc) is 2.96. The minimum atomic E-state index is -0.999. The van der Waals surface area contributed by atoms with Crippen molar-refractivity contribution in [1.29, 1.82) is 0 Å². The first-order chi connectivity index (χ1) is 9.65. The minimum Gasteiger partial charge on any atom is -0.475 e. The van der Waals surface area contributed by atoms with Crippen molar-refractivity contribution in [3.63, 3.8) is 0 Å². The number of aromatic carboxylic acids is 1. The van der Waals surface area contributed by atoms with Gasteiger partial charge in [0.2, 0.25) is 5.76 Å². The predicted molar refractivity (Wildman–Crippen MR) is 74.9 cm³/mol. The largest absolute Gasteiger partial charge is 0.475 e. The Bertz CT molecular complexity index is 485. The van der Waals surface area contributed by atoms with Crippen LogP contribution < -0.4 is 0 Å². The number of carboxylic acids is 1. The molecule has 2 fully saturated rings. The highest BCUT2D eigenvalue weighted by Gasteiger charge is 2.32. The van der Waals surface area contributed by atoms with Gasteiger partial charge in [-0.25, -0.2) is 4.79 Å². The summed E-state index contributed by atoms with van der Waals surface area (Å²) in [6.07, 6.45) is 3.93. The van der Waals surface area contributed by atoms with Gasteiger partial charge in [-0.15, -0.1) is 0 Å². The van der Waals surface area contributed by atoms with E-state index in [0.717, 1.165) is 25.4 Å². The number of carboxylic acid groups (broad SMARTS) is 1. The summed E-state index contributed by atoms with van der Waals surface area (Å²) in [5, 5.41) is 8.93. The lowest BCUT2D eigenvalue weighted by atomic mass is 9.98. The van der Waals surface area contributed by atoms with Crippen LogP contribution in [0, 0.1) is 0 Å². The van der Waals surface area contributed by atoms with Crippen LogP contribution in [0.2, 0.25) is 0 Å². The SMILES string of the molecule is CC(c1ccc(C(=O)O)o1)N1CCN2CCCCC2C1. The third-order valence-electron chi connectivity index (χ3n) is 4.67. The van der Waals surface area contributed by atoms with Crippen LogP contribution in [0.3, 0.4) is 0 Å². The van der Waals surface area contributed by atoms with Crippen LogP contribution in [-0.2, 0) is 0 Å². The van der Waals surface area contributed by atoms with E-state index in [9.17, 15) is 4.79 Å². The van der Waals surface area contributed by atoms with Gasteiger partial charge < -0.3 is 9.52 Å². The van der Waals surface area contributed by atoms with Crippen molar-refractivity contribution >= 4 is 5.97 Å². The molecule has 3 rings (SSSR count). The summed E-state index contributed by atoms with van der Waals surface area (Å²) >= 11 is 0. The molecule has 0 saturated carbocycles. The fourth-order valence-corrected chi connectivity index (χ4v) is 3.40. The van der Waals surface area contributed by atoms with E-state index in [0.29, 0.717) is 6.04 Å². The van der Waals surface area contributed by atoms with E-state index >= 15 is 0 Å². The topological polar surface area (TPSA) is 56.9 Å². The molecule has 2 aliphatic rings. The van der Waals surface area contributed by atoms with E-state index in [1.54, 1.807) is 12.1 Å². The molecule has 0 bridgehead atoms. The molecule has 0 aliphatic carbocycles. The lowest BCUT2D eigenvalue weighted by Gasteiger charge is -2.45. The number of fused-ring (bicyclic) bond motifs is 1. The molecule has 20 heavy (non-hydrogen) atoms. The van der Waals surface area contributed by atoms with Crippen LogP contribution in [-0.4, -0.2) is 53.1 Å². The Balaban J connectivity index is 1.67. The van der Waals surface area contributed by atoms with Gasteiger partial charge in [0.15, 0.2) is 0 Å². The molecule has 5 nitrogen and oxygen atoms in total. The van der Waals surface area contributed by atoms with E-state index < -0.39 is 5.97 Å². The second-order valence-corrected chi connectivity index (χ2v) is 5.86. The minimum absolute atomic E-state index is 0.0307. The average molecular weight is 278 g/mol. The van der Waals surface area contributed by atoms with Gasteiger partial charge in [0.25, 0.3) is 0 Å². The first kappa shape index (κ1) is 13.6. The van der Waals surface area contributed by atoms with Crippen LogP contribution in [0.1, 0.15) is 48.5 Å². The lowest BCUT2D eigenvalue weighted by molar-refractivity contribution is 0.0257. The summed E-state index contributed by atoms with van der Waals surface area (Å²) in [6, 6.07) is 4.15. The molecular weight excluding hydrogens is 256 g/mol. The van der Waals surface area contributed by atoms with Gasteiger partial charge in [-0.2, -0.15) is 0 Å². The van der Waals surface area contributed by atoms with Crippen molar-refractivity contribution in [2.24, 2.45) is 0 Å². The predicted octanol–water partition coefficient (Wildman–Crippen LogP) is 2.21. The second kappa shape index (κ2) is 5.58. The Morgan fingerprint density at radius 1 is 1.35 bits per heavy atom. The number of nitrogens with zero attached hydrogens (tertiary/aromatic N) is 2. The summed E-state index contributed by atoms with van der Waals surface area (Å²) in [4.78, 5) is 15.9. The number of hydrogen-bond acceptors (Lipinski definition) is 4. The normalized spacial score (nSPS) is 26.1. The third kappa shape index (κ3) is 2.60. The zero-order chi connectivity index (χ0) is 14.1. The molecule has 3 heterocycles. The number of carbonyl (C=O) groups is 1. The van der Waals surface area contributed by atoms with E-state index in [2.05, 4.69) is 16.7 Å². The monoisotopic (exact) mass is 278 g/mol. The standard InChI is InChI=1S/C15H22N2O3/c1-11(13-5-6-14(20-13)15(18)19)17-9-8-16-7-3-2-4-12(16)10-17/h5-6,11-12H,2-4,7-10H2,1H3,(H,18,19). The molecule has 0 aromatic carbocycles. The van der Waals surface area contributed by atoms with Gasteiger partial charge in [-0.1, -0.05) is 6.42 Å². The van der Waals surface area contributed by atoms with Crippen LogP contribution >= 0.6 is 0 Å². The molecule has 2 atom stereocenters. The fraction of sp³-hybridized carbons (Fsp3) is 0.667. The molecule has 5 heteroatoms. The van der Waals surface area contributed by atoms with E-state index in [-0.39, 0.29) is 11.8 Å². The summed E-state index contributed by atoms with van der Waals surface area (Å²) in [6.45, 7) is 6.53. The van der Waals surface area contributed by atoms with Gasteiger partial charge in [0.1, 0.15) is 5.76 Å². The summed E-state index contributed by atoms with van der Waals surface area (Å²) in [5.74, 6) is -0.213. The highest BCUT2D eigenvalue weighted by molar-refractivity contribution is 5.84. The number of hydrogen-bond donors (Lipinski definition) is 1. The zero-order valence-corrected chi connectivity index (χ0v) is 11.9. The molecule has 1 N–H and O–H groups in total. The van der Waals surface area contributed by atoms with Crippen molar-refractivity contribution < 1.29 is 14.3 Å². The van der Waals surface area contributed by atoms with E-state index in [1.165, 1.54) is 25.8 Å². The smallest absolute Gasteiger partial charge is 0.371 e. The number of furan rings is 1. The summed E-state index contributed by atoms with van der Waals surface area (Å²) in [5.41, 5.74) is 0. The molecule has 110 valence electrons. The van der Waals surface area contributed by atoms with Crippen LogP contribution in [0.4, 0.5) is 0 Å². The Morgan fingerprint density at radius 3 is 2.95 bits per heavy atom. The Kier molecular flexibility index (Phi) is 3.81. The maximum Gasteiger partial charge on any atom is 0.371 e. The number of piperidine rings is 1. The van der Waals surface area contributed by atoms with Crippen LogP contribution in [0.25, 0.3) is 0 Å². The van der Waals surface area contributed by atoms with Gasteiger partial charge in [0, 0.05) is 25.7 Å². The zero-order valence-electron chi connectivity index (χ0n) is 11.9. The molecular formula is C15H22N2O3. The molecule has 2 aliphatic heterocycles. The fourth-order valence-electron chi connectivity index (χ4n) is 3.40. The van der Waals surface area contributed by atoms with Crippen LogP contribution in [0.15, 0.2) is 16.5 Å². The third-order valence-corrected chi connectivity index (χ3v) is 4.67. The Morgan fingerprint density at radius 2 is 2.20 bits per heavy atom. The van der Waals surface area contributed by atoms with Crippen molar-refractivity contribution in [2.45, 2.75) is 38.3 Å². The maximum atomic E-state index is 10.9. The lowest BCUT2D eigenvalue weighted by Crippen LogP contribution is -2.55. The Labute approximate surface area is 119 Å². The number of rotatable bonds is 3. The molecule has 1 aromatic heterocycles. The second-order valence-electron chi connectivity index (χ2n) is 5.86. The molecule has 2 unspecified atom stereocenters. The highest BCUT2D eigenvalue weighted by atomic mass is 16.4. The quantitative estimate of drug-likeness (QED) is 0.918. The van der Waals surface area contributed by atoms with Crippen molar-refractivity contribution in [1.82, 2.24) is 9.80 Å². The van der Waals surface area contributed by atoms with Crippen LogP contribution in [0.5, 0.6) is 0 Å². The first-order valence-corrected chi connectivity index (χ1v) is 7.46. The molecule has 0 amide bonds. The summed E-state index contributed by atoms with van der Waals surface area (Å²) < 4.78 is 5.44. The van der Waals surface area contributed by atoms with E-state index in [1.807, 2.05) is 0 Å². The highest BCUT2D eigenvalue weighted by Crippen LogP contribution is 2.28. The number of piperazine rings is 1. The van der Waals surface area contributed by atoms with Crippen molar-refractivity contribution in [3.05, 3.63) is 23.7 Å². The molecule has 2 saturated heterocycles. The maximum absolute atomic E-state index is 10.9. The summed E-state index contributed by atoms with van der Waals surface area (Å²) in [7, 11) is 0. The van der Waals surface area contributed by atoms with Crippen molar-refractivity contribution in [3.8, 4) is 0 Å². The molecule has 1 aromatic rings. The van der Waals surface area contributed by atoms with Gasteiger partial charge >= 0.3 is 5.97 Å². The van der Waals surface area contributed by atoms with Gasteiger partial charge in [-0.05, 0) is 38.4 Å². The first-order valence-electron chi connectivity index (χ1n) is 7.46.